The number of carboxylic acids is 1. The van der Waals surface area contributed by atoms with Crippen LogP contribution in [0, 0.1) is 23.2 Å². The highest BCUT2D eigenvalue weighted by atomic mass is 35.5. The maximum Gasteiger partial charge on any atom is 0.392 e. The number of aliphatic carboxylic acids is 1. The molecular weight excluding hydrogens is 454 g/mol. The summed E-state index contributed by atoms with van der Waals surface area (Å²) in [6, 6.07) is 4.54. The SMILES string of the molecule is C[C@H]([C@H](C(=O)Nc1ccc(Cl)c(CC2(C(=O)O)CC2)c1)C1C=CC(Cl)=CC1)C(F)(F)F. The third-order valence-corrected chi connectivity index (χ3v) is 6.71. The molecule has 3 atom stereocenters. The Labute approximate surface area is 188 Å². The predicted octanol–water partition coefficient (Wildman–Crippen LogP) is 6.20. The normalized spacial score (nSPS) is 21.7. The van der Waals surface area contributed by atoms with Crippen LogP contribution in [0.4, 0.5) is 18.9 Å². The monoisotopic (exact) mass is 475 g/mol. The van der Waals surface area contributed by atoms with E-state index in [0.29, 0.717) is 28.5 Å². The molecule has 0 heterocycles. The second-order valence-electron chi connectivity index (χ2n) is 8.26. The van der Waals surface area contributed by atoms with Crippen LogP contribution >= 0.6 is 23.2 Å². The van der Waals surface area contributed by atoms with E-state index in [4.69, 9.17) is 23.2 Å². The van der Waals surface area contributed by atoms with Crippen molar-refractivity contribution in [3.8, 4) is 0 Å². The highest BCUT2D eigenvalue weighted by molar-refractivity contribution is 6.31. The van der Waals surface area contributed by atoms with E-state index in [9.17, 15) is 27.9 Å². The topological polar surface area (TPSA) is 66.4 Å². The van der Waals surface area contributed by atoms with E-state index in [0.717, 1.165) is 6.92 Å². The summed E-state index contributed by atoms with van der Waals surface area (Å²) in [5.74, 6) is -5.56. The number of benzene rings is 1. The average Bonchev–Trinajstić information content (AvgIpc) is 3.46. The van der Waals surface area contributed by atoms with Gasteiger partial charge in [-0.3, -0.25) is 9.59 Å². The lowest BCUT2D eigenvalue weighted by molar-refractivity contribution is -0.188. The van der Waals surface area contributed by atoms with Gasteiger partial charge in [0.05, 0.1) is 17.3 Å². The lowest BCUT2D eigenvalue weighted by Crippen LogP contribution is -2.40. The molecule has 0 radical (unpaired) electrons. The molecule has 2 N–H and O–H groups in total. The number of rotatable bonds is 7. The molecule has 1 aromatic rings. The van der Waals surface area contributed by atoms with Crippen molar-refractivity contribution in [3.05, 3.63) is 52.0 Å². The fourth-order valence-electron chi connectivity index (χ4n) is 3.87. The van der Waals surface area contributed by atoms with Crippen LogP contribution in [-0.2, 0) is 16.0 Å². The molecule has 0 saturated heterocycles. The van der Waals surface area contributed by atoms with Gasteiger partial charge in [0.1, 0.15) is 0 Å². The van der Waals surface area contributed by atoms with Crippen LogP contribution in [0.2, 0.25) is 5.02 Å². The number of hydrogen-bond donors (Lipinski definition) is 2. The maximum absolute atomic E-state index is 13.5. The van der Waals surface area contributed by atoms with Gasteiger partial charge in [0.25, 0.3) is 0 Å². The molecule has 31 heavy (non-hydrogen) atoms. The van der Waals surface area contributed by atoms with Crippen molar-refractivity contribution in [2.24, 2.45) is 23.2 Å². The molecule has 0 bridgehead atoms. The second kappa shape index (κ2) is 8.87. The van der Waals surface area contributed by atoms with E-state index in [1.54, 1.807) is 6.08 Å². The van der Waals surface area contributed by atoms with Crippen molar-refractivity contribution < 1.29 is 27.9 Å². The summed E-state index contributed by atoms with van der Waals surface area (Å²) in [5, 5.41) is 12.7. The van der Waals surface area contributed by atoms with Gasteiger partial charge in [0.15, 0.2) is 0 Å². The van der Waals surface area contributed by atoms with Gasteiger partial charge in [-0.05, 0) is 61.4 Å². The zero-order valence-corrected chi connectivity index (χ0v) is 18.2. The number of amides is 1. The van der Waals surface area contributed by atoms with Crippen molar-refractivity contribution in [2.75, 3.05) is 5.32 Å². The number of carboxylic acid groups (broad SMARTS) is 1. The van der Waals surface area contributed by atoms with Crippen LogP contribution < -0.4 is 5.32 Å². The van der Waals surface area contributed by atoms with Crippen molar-refractivity contribution in [2.45, 2.75) is 38.8 Å². The second-order valence-corrected chi connectivity index (χ2v) is 9.11. The van der Waals surface area contributed by atoms with E-state index >= 15 is 0 Å². The van der Waals surface area contributed by atoms with Crippen molar-refractivity contribution in [3.63, 3.8) is 0 Å². The van der Waals surface area contributed by atoms with Gasteiger partial charge in [-0.25, -0.2) is 0 Å². The van der Waals surface area contributed by atoms with Gasteiger partial charge in [-0.15, -0.1) is 0 Å². The van der Waals surface area contributed by atoms with Crippen LogP contribution in [0.3, 0.4) is 0 Å². The Hall–Kier alpha value is -1.99. The molecule has 1 fully saturated rings. The Morgan fingerprint density at radius 3 is 2.48 bits per heavy atom. The molecule has 168 valence electrons. The zero-order chi connectivity index (χ0) is 23.0. The van der Waals surface area contributed by atoms with Crippen LogP contribution in [-0.4, -0.2) is 23.2 Å². The summed E-state index contributed by atoms with van der Waals surface area (Å²) in [6.45, 7) is 0.995. The van der Waals surface area contributed by atoms with Crippen LogP contribution in [0.25, 0.3) is 0 Å². The first-order chi connectivity index (χ1) is 14.4. The molecule has 1 saturated carbocycles. The smallest absolute Gasteiger partial charge is 0.392 e. The van der Waals surface area contributed by atoms with Gasteiger partial charge >= 0.3 is 12.1 Å². The Kier molecular flexibility index (Phi) is 6.77. The predicted molar refractivity (Wildman–Crippen MR) is 113 cm³/mol. The first-order valence-electron chi connectivity index (χ1n) is 9.86. The highest BCUT2D eigenvalue weighted by Gasteiger charge is 2.50. The Morgan fingerprint density at radius 2 is 1.97 bits per heavy atom. The third kappa shape index (κ3) is 5.44. The van der Waals surface area contributed by atoms with Crippen molar-refractivity contribution >= 4 is 40.8 Å². The molecule has 3 rings (SSSR count). The van der Waals surface area contributed by atoms with Gasteiger partial charge < -0.3 is 10.4 Å². The third-order valence-electron chi connectivity index (χ3n) is 6.06. The van der Waals surface area contributed by atoms with Gasteiger partial charge in [-0.1, -0.05) is 42.3 Å². The number of hydrogen-bond acceptors (Lipinski definition) is 2. The number of alkyl halides is 3. The summed E-state index contributed by atoms with van der Waals surface area (Å²) >= 11 is 12.1. The van der Waals surface area contributed by atoms with E-state index < -0.39 is 41.2 Å². The largest absolute Gasteiger partial charge is 0.481 e. The molecule has 0 aromatic heterocycles. The summed E-state index contributed by atoms with van der Waals surface area (Å²) in [4.78, 5) is 24.4. The first kappa shape index (κ1) is 23.7. The molecule has 2 aliphatic rings. The maximum atomic E-state index is 13.5. The molecule has 0 spiro atoms. The summed E-state index contributed by atoms with van der Waals surface area (Å²) in [5.41, 5.74) is -0.0524. The molecular formula is C22H22Cl2F3NO3. The summed E-state index contributed by atoms with van der Waals surface area (Å²) < 4.78 is 40.5. The minimum atomic E-state index is -4.55. The van der Waals surface area contributed by atoms with Gasteiger partial charge in [-0.2, -0.15) is 13.2 Å². The fourth-order valence-corrected chi connectivity index (χ4v) is 4.21. The average molecular weight is 476 g/mol. The van der Waals surface area contributed by atoms with E-state index in [1.807, 2.05) is 0 Å². The highest BCUT2D eigenvalue weighted by Crippen LogP contribution is 2.49. The molecule has 1 unspecified atom stereocenters. The molecule has 4 nitrogen and oxygen atoms in total. The zero-order valence-electron chi connectivity index (χ0n) is 16.7. The molecule has 1 amide bonds. The molecule has 2 aliphatic carbocycles. The van der Waals surface area contributed by atoms with E-state index in [1.165, 1.54) is 30.4 Å². The number of anilines is 1. The van der Waals surface area contributed by atoms with Crippen LogP contribution in [0.1, 0.15) is 31.7 Å². The molecule has 0 aliphatic heterocycles. The fraction of sp³-hybridized carbons (Fsp3) is 0.455. The van der Waals surface area contributed by atoms with Crippen LogP contribution in [0.15, 0.2) is 41.5 Å². The van der Waals surface area contributed by atoms with Gasteiger partial charge in [0, 0.05) is 15.7 Å². The first-order valence-corrected chi connectivity index (χ1v) is 10.6. The molecule has 9 heteroatoms. The summed E-state index contributed by atoms with van der Waals surface area (Å²) in [6.07, 6.45) is 1.56. The minimum Gasteiger partial charge on any atom is -0.481 e. The van der Waals surface area contributed by atoms with E-state index in [-0.39, 0.29) is 18.5 Å². The van der Waals surface area contributed by atoms with Crippen LogP contribution in [0.5, 0.6) is 0 Å². The van der Waals surface area contributed by atoms with Crippen molar-refractivity contribution in [1.29, 1.82) is 0 Å². The molecule has 1 aromatic carbocycles. The number of nitrogens with one attached hydrogen (secondary N) is 1. The van der Waals surface area contributed by atoms with E-state index in [2.05, 4.69) is 5.32 Å². The Balaban J connectivity index is 1.82. The number of carbonyl (C=O) groups excluding carboxylic acids is 1. The van der Waals surface area contributed by atoms with Gasteiger partial charge in [0.2, 0.25) is 5.91 Å². The minimum absolute atomic E-state index is 0.196. The van der Waals surface area contributed by atoms with Crippen molar-refractivity contribution in [1.82, 2.24) is 0 Å². The summed E-state index contributed by atoms with van der Waals surface area (Å²) in [7, 11) is 0. The quantitative estimate of drug-likeness (QED) is 0.493. The number of allylic oxidation sites excluding steroid dienone is 4. The standard InChI is InChI=1S/C22H22Cl2F3NO3/c1-12(22(25,26)27)18(13-2-4-15(23)5-3-13)19(29)28-16-6-7-17(24)14(10-16)11-21(8-9-21)20(30)31/h2,4-7,10,12-13,18H,3,8-9,11H2,1H3,(H,28,29)(H,30,31)/t12-,13?,18+/m1/s1. The lowest BCUT2D eigenvalue weighted by atomic mass is 9.78. The number of carbonyl (C=O) groups is 2. The lowest BCUT2D eigenvalue weighted by Gasteiger charge is -2.31. The number of halogens is 5. The Bertz CT molecular complexity index is 938. The Morgan fingerprint density at radius 1 is 1.29 bits per heavy atom.